The van der Waals surface area contributed by atoms with E-state index < -0.39 is 12.1 Å². The average Bonchev–Trinajstić information content (AvgIpc) is 3.24. The fourth-order valence-electron chi connectivity index (χ4n) is 4.83. The Morgan fingerprint density at radius 1 is 1.12 bits per heavy atom. The minimum absolute atomic E-state index is 0.0159. The first-order valence-electron chi connectivity index (χ1n) is 10.9. The fraction of sp³-hybridized carbons (Fsp3) is 0.375. The summed E-state index contributed by atoms with van der Waals surface area (Å²) in [6.07, 6.45) is 4.83. The summed E-state index contributed by atoms with van der Waals surface area (Å²) in [6.45, 7) is 0. The van der Waals surface area contributed by atoms with Gasteiger partial charge in [-0.3, -0.25) is 4.98 Å². The molecule has 2 N–H and O–H groups in total. The van der Waals surface area contributed by atoms with Gasteiger partial charge in [-0.25, -0.2) is 9.37 Å². The Labute approximate surface area is 190 Å². The standard InChI is InChI=1S/C24H25F2N5O2/c1-31(19-10-15-4-6-17(29-15)24(19)26)22-12-27-18(11-28-22)16-5-3-13(7-20(16)32)14-8-21(25)30-23(9-14)33-2/h3,5,7-9,11-12,15,17,19,24,29,32H,4,6,10H2,1-2H3/t15?,17?,19-,24+/m1/s1. The zero-order valence-corrected chi connectivity index (χ0v) is 18.4. The number of alkyl halides is 1. The van der Waals surface area contributed by atoms with Gasteiger partial charge in [-0.1, -0.05) is 6.07 Å². The number of nitrogens with one attached hydrogen (secondary N) is 1. The van der Waals surface area contributed by atoms with E-state index in [9.17, 15) is 13.9 Å². The lowest BCUT2D eigenvalue weighted by Crippen LogP contribution is -2.55. The van der Waals surface area contributed by atoms with Gasteiger partial charge in [-0.05, 0) is 42.5 Å². The molecule has 2 bridgehead atoms. The van der Waals surface area contributed by atoms with Crippen LogP contribution in [0.15, 0.2) is 42.7 Å². The number of rotatable bonds is 5. The summed E-state index contributed by atoms with van der Waals surface area (Å²) in [5.74, 6) is 0.0492. The van der Waals surface area contributed by atoms with Crippen molar-refractivity contribution in [3.63, 3.8) is 0 Å². The highest BCUT2D eigenvalue weighted by Gasteiger charge is 2.43. The zero-order chi connectivity index (χ0) is 23.1. The van der Waals surface area contributed by atoms with E-state index in [0.29, 0.717) is 34.2 Å². The second-order valence-corrected chi connectivity index (χ2v) is 8.62. The summed E-state index contributed by atoms with van der Waals surface area (Å²) in [5.41, 5.74) is 2.11. The van der Waals surface area contributed by atoms with Crippen LogP contribution in [0.1, 0.15) is 19.3 Å². The lowest BCUT2D eigenvalue weighted by atomic mass is 9.96. The van der Waals surface area contributed by atoms with Crippen molar-refractivity contribution in [2.75, 3.05) is 19.1 Å². The minimum atomic E-state index is -0.955. The minimum Gasteiger partial charge on any atom is -0.507 e. The predicted octanol–water partition coefficient (Wildman–Crippen LogP) is 3.73. The van der Waals surface area contributed by atoms with Crippen LogP contribution in [0.3, 0.4) is 0 Å². The largest absolute Gasteiger partial charge is 0.507 e. The van der Waals surface area contributed by atoms with Crippen LogP contribution in [-0.2, 0) is 0 Å². The third kappa shape index (κ3) is 4.08. The molecule has 0 radical (unpaired) electrons. The van der Waals surface area contributed by atoms with Gasteiger partial charge in [0.05, 0.1) is 31.2 Å². The smallest absolute Gasteiger partial charge is 0.216 e. The third-order valence-electron chi connectivity index (χ3n) is 6.64. The van der Waals surface area contributed by atoms with E-state index in [1.807, 2.05) is 11.9 Å². The van der Waals surface area contributed by atoms with Crippen molar-refractivity contribution < 1.29 is 18.6 Å². The molecule has 4 atom stereocenters. The maximum Gasteiger partial charge on any atom is 0.216 e. The van der Waals surface area contributed by atoms with Crippen LogP contribution in [0, 0.1) is 5.95 Å². The predicted molar refractivity (Wildman–Crippen MR) is 121 cm³/mol. The monoisotopic (exact) mass is 453 g/mol. The fourth-order valence-corrected chi connectivity index (χ4v) is 4.83. The maximum atomic E-state index is 14.9. The van der Waals surface area contributed by atoms with E-state index in [-0.39, 0.29) is 23.7 Å². The number of halogens is 2. The summed E-state index contributed by atoms with van der Waals surface area (Å²) in [6, 6.07) is 7.87. The number of phenolic OH excluding ortho intramolecular Hbond substituents is 1. The topological polar surface area (TPSA) is 83.4 Å². The number of ether oxygens (including phenoxy) is 1. The van der Waals surface area contributed by atoms with E-state index in [1.54, 1.807) is 30.6 Å². The molecule has 2 fully saturated rings. The molecule has 2 unspecified atom stereocenters. The van der Waals surface area contributed by atoms with Crippen molar-refractivity contribution >= 4 is 5.82 Å². The lowest BCUT2D eigenvalue weighted by Gasteiger charge is -2.38. The molecule has 0 aliphatic carbocycles. The molecule has 2 saturated heterocycles. The molecule has 9 heteroatoms. The average molecular weight is 453 g/mol. The Morgan fingerprint density at radius 2 is 1.97 bits per heavy atom. The number of fused-ring (bicyclic) bond motifs is 2. The van der Waals surface area contributed by atoms with E-state index in [0.717, 1.165) is 19.3 Å². The SMILES string of the molecule is COc1cc(-c2ccc(-c3cnc(N(C)[C@@H]4CC5CCC(N5)[C@@H]4F)cn3)c(O)c2)cc(F)n1. The number of benzene rings is 1. The van der Waals surface area contributed by atoms with Crippen LogP contribution in [0.2, 0.25) is 0 Å². The molecule has 3 aromatic rings. The number of piperidine rings is 1. The summed E-state index contributed by atoms with van der Waals surface area (Å²) in [5, 5.41) is 14.0. The van der Waals surface area contributed by atoms with Crippen LogP contribution >= 0.6 is 0 Å². The van der Waals surface area contributed by atoms with Crippen LogP contribution in [0.4, 0.5) is 14.6 Å². The van der Waals surface area contributed by atoms with Crippen LogP contribution in [0.25, 0.3) is 22.4 Å². The molecular weight excluding hydrogens is 428 g/mol. The summed E-state index contributed by atoms with van der Waals surface area (Å²) in [7, 11) is 3.26. The molecule has 5 rings (SSSR count). The van der Waals surface area contributed by atoms with Crippen LogP contribution in [-0.4, -0.2) is 58.5 Å². The molecule has 0 amide bonds. The molecule has 7 nitrogen and oxygen atoms in total. The number of hydrogen-bond donors (Lipinski definition) is 2. The first kappa shape index (κ1) is 21.5. The number of aromatic nitrogens is 3. The molecule has 2 aromatic heterocycles. The number of phenols is 1. The van der Waals surface area contributed by atoms with Gasteiger partial charge in [0.1, 0.15) is 17.7 Å². The highest BCUT2D eigenvalue weighted by Crippen LogP contribution is 2.35. The summed E-state index contributed by atoms with van der Waals surface area (Å²) >= 11 is 0. The number of aromatic hydroxyl groups is 1. The Balaban J connectivity index is 1.36. The Kier molecular flexibility index (Phi) is 5.57. The van der Waals surface area contributed by atoms with Crippen molar-refractivity contribution in [3.05, 3.63) is 48.7 Å². The Bertz CT molecular complexity index is 1160. The van der Waals surface area contributed by atoms with Crippen molar-refractivity contribution in [3.8, 4) is 34.0 Å². The molecule has 2 aliphatic heterocycles. The Morgan fingerprint density at radius 3 is 2.70 bits per heavy atom. The Hall–Kier alpha value is -3.33. The highest BCUT2D eigenvalue weighted by molar-refractivity contribution is 5.74. The van der Waals surface area contributed by atoms with Gasteiger partial charge < -0.3 is 20.1 Å². The zero-order valence-electron chi connectivity index (χ0n) is 18.4. The van der Waals surface area contributed by atoms with Crippen LogP contribution in [0.5, 0.6) is 11.6 Å². The molecule has 1 aromatic carbocycles. The van der Waals surface area contributed by atoms with E-state index >= 15 is 0 Å². The molecule has 0 spiro atoms. The first-order valence-corrected chi connectivity index (χ1v) is 10.9. The quantitative estimate of drug-likeness (QED) is 0.570. The lowest BCUT2D eigenvalue weighted by molar-refractivity contribution is 0.176. The molecule has 2 aliphatic rings. The van der Waals surface area contributed by atoms with Gasteiger partial charge in [0.2, 0.25) is 11.8 Å². The van der Waals surface area contributed by atoms with Crippen molar-refractivity contribution in [2.24, 2.45) is 0 Å². The molecule has 0 saturated carbocycles. The number of nitrogens with zero attached hydrogens (tertiary/aromatic N) is 4. The number of methoxy groups -OCH3 is 1. The van der Waals surface area contributed by atoms with Crippen molar-refractivity contribution in [2.45, 2.75) is 43.6 Å². The van der Waals surface area contributed by atoms with Gasteiger partial charge in [-0.2, -0.15) is 9.37 Å². The van der Waals surface area contributed by atoms with Crippen molar-refractivity contribution in [1.29, 1.82) is 0 Å². The number of pyridine rings is 1. The molecule has 33 heavy (non-hydrogen) atoms. The molecule has 172 valence electrons. The highest BCUT2D eigenvalue weighted by atomic mass is 19.1. The van der Waals surface area contributed by atoms with Gasteiger partial charge in [0, 0.05) is 36.8 Å². The van der Waals surface area contributed by atoms with Crippen molar-refractivity contribution in [1.82, 2.24) is 20.3 Å². The summed E-state index contributed by atoms with van der Waals surface area (Å²) in [4.78, 5) is 14.4. The van der Waals surface area contributed by atoms with Gasteiger partial charge in [0.15, 0.2) is 0 Å². The second kappa shape index (κ2) is 8.55. The van der Waals surface area contributed by atoms with E-state index in [4.69, 9.17) is 4.74 Å². The van der Waals surface area contributed by atoms with Crippen LogP contribution < -0.4 is 15.0 Å². The van der Waals surface area contributed by atoms with Gasteiger partial charge in [-0.15, -0.1) is 0 Å². The van der Waals surface area contributed by atoms with E-state index in [2.05, 4.69) is 20.3 Å². The second-order valence-electron chi connectivity index (χ2n) is 8.62. The van der Waals surface area contributed by atoms with E-state index in [1.165, 1.54) is 19.2 Å². The third-order valence-corrected chi connectivity index (χ3v) is 6.64. The first-order chi connectivity index (χ1) is 15.9. The number of anilines is 1. The molecular formula is C24H25F2N5O2. The number of hydrogen-bond acceptors (Lipinski definition) is 7. The normalized spacial score (nSPS) is 24.0. The van der Waals surface area contributed by atoms with Gasteiger partial charge in [0.25, 0.3) is 0 Å². The van der Waals surface area contributed by atoms with Gasteiger partial charge >= 0.3 is 0 Å². The summed E-state index contributed by atoms with van der Waals surface area (Å²) < 4.78 is 33.7. The molecule has 4 heterocycles. The maximum absolute atomic E-state index is 14.9.